The largest absolute Gasteiger partial charge is 0.306 e. The Morgan fingerprint density at radius 3 is 2.71 bits per heavy atom. The summed E-state index contributed by atoms with van der Waals surface area (Å²) in [6, 6.07) is 8.13. The molecule has 2 unspecified atom stereocenters. The lowest BCUT2D eigenvalue weighted by Gasteiger charge is -2.33. The molecule has 2 rings (SSSR count). The number of hydrogen-bond donors (Lipinski definition) is 0. The highest BCUT2D eigenvalue weighted by atomic mass is 79.9. The Kier molecular flexibility index (Phi) is 4.35. The van der Waals surface area contributed by atoms with E-state index in [0.717, 1.165) is 35.8 Å². The summed E-state index contributed by atoms with van der Waals surface area (Å²) in [5.74, 6) is 0.512. The fraction of sp³-hybridized carbons (Fsp3) is 0.500. The molecule has 0 aromatic heterocycles. The quantitative estimate of drug-likeness (QED) is 0.799. The number of nitrogens with zero attached hydrogens (tertiary/aromatic N) is 1. The average Bonchev–Trinajstić information content (AvgIpc) is 2.33. The van der Waals surface area contributed by atoms with Gasteiger partial charge in [-0.1, -0.05) is 28.1 Å². The van der Waals surface area contributed by atoms with Gasteiger partial charge in [-0.2, -0.15) is 0 Å². The van der Waals surface area contributed by atoms with E-state index in [1.165, 1.54) is 6.42 Å². The fourth-order valence-corrected chi connectivity index (χ4v) is 2.91. The number of likely N-dealkylation sites (tertiary alicyclic amines) is 1. The van der Waals surface area contributed by atoms with Gasteiger partial charge in [-0.25, -0.2) is 0 Å². The zero-order valence-electron chi connectivity index (χ0n) is 10.1. The molecule has 0 radical (unpaired) electrons. The molecule has 0 N–H and O–H groups in total. The molecule has 2 nitrogen and oxygen atoms in total. The van der Waals surface area contributed by atoms with Crippen molar-refractivity contribution in [3.8, 4) is 0 Å². The Morgan fingerprint density at radius 2 is 2.12 bits per heavy atom. The number of halogens is 1. The predicted molar refractivity (Wildman–Crippen MR) is 73.2 cm³/mol. The summed E-state index contributed by atoms with van der Waals surface area (Å²) in [6.07, 6.45) is 3.47. The Labute approximate surface area is 111 Å². The van der Waals surface area contributed by atoms with Gasteiger partial charge >= 0.3 is 0 Å². The Morgan fingerprint density at radius 1 is 1.41 bits per heavy atom. The number of hydrogen-bond acceptors (Lipinski definition) is 2. The lowest BCUT2D eigenvalue weighted by Crippen LogP contribution is -2.35. The Balaban J connectivity index is 2.15. The number of piperidine rings is 1. The van der Waals surface area contributed by atoms with Crippen LogP contribution in [0.15, 0.2) is 28.7 Å². The highest BCUT2D eigenvalue weighted by molar-refractivity contribution is 9.10. The van der Waals surface area contributed by atoms with Crippen LogP contribution in [-0.4, -0.2) is 31.3 Å². The molecule has 17 heavy (non-hydrogen) atoms. The van der Waals surface area contributed by atoms with Crippen LogP contribution in [-0.2, 0) is 4.79 Å². The molecule has 92 valence electrons. The molecule has 1 aromatic carbocycles. The maximum absolute atomic E-state index is 11.4. The summed E-state index contributed by atoms with van der Waals surface area (Å²) in [5, 5.41) is 0. The molecule has 0 bridgehead atoms. The molecule has 0 saturated carbocycles. The minimum atomic E-state index is 0.0471. The SMILES string of the molecule is CN1CCCC(C(C=O)c2ccc(Br)cc2)C1. The molecule has 2 atom stereocenters. The Hall–Kier alpha value is -0.670. The van der Waals surface area contributed by atoms with Crippen molar-refractivity contribution in [2.75, 3.05) is 20.1 Å². The van der Waals surface area contributed by atoms with Crippen LogP contribution in [0.2, 0.25) is 0 Å². The minimum Gasteiger partial charge on any atom is -0.306 e. The van der Waals surface area contributed by atoms with E-state index in [2.05, 4.69) is 40.0 Å². The molecule has 0 aliphatic carbocycles. The topological polar surface area (TPSA) is 20.3 Å². The van der Waals surface area contributed by atoms with Gasteiger partial charge in [0.2, 0.25) is 0 Å². The molecule has 3 heteroatoms. The molecular formula is C14H18BrNO. The zero-order chi connectivity index (χ0) is 12.3. The van der Waals surface area contributed by atoms with Crippen LogP contribution in [0.4, 0.5) is 0 Å². The van der Waals surface area contributed by atoms with E-state index in [9.17, 15) is 4.79 Å². The van der Waals surface area contributed by atoms with Crippen LogP contribution < -0.4 is 0 Å². The average molecular weight is 296 g/mol. The summed E-state index contributed by atoms with van der Waals surface area (Å²) in [6.45, 7) is 2.18. The van der Waals surface area contributed by atoms with Crippen LogP contribution in [0.5, 0.6) is 0 Å². The molecule has 1 heterocycles. The van der Waals surface area contributed by atoms with E-state index in [0.29, 0.717) is 5.92 Å². The highest BCUT2D eigenvalue weighted by Gasteiger charge is 2.26. The third kappa shape index (κ3) is 3.17. The molecule has 1 aliphatic rings. The number of carbonyl (C=O) groups is 1. The first-order valence-electron chi connectivity index (χ1n) is 6.10. The molecule has 1 aliphatic heterocycles. The van der Waals surface area contributed by atoms with Gasteiger partial charge in [0.05, 0.1) is 0 Å². The smallest absolute Gasteiger partial charge is 0.127 e. The predicted octanol–water partition coefficient (Wildman–Crippen LogP) is 3.07. The van der Waals surface area contributed by atoms with Crippen LogP contribution >= 0.6 is 15.9 Å². The van der Waals surface area contributed by atoms with Crippen molar-refractivity contribution in [3.05, 3.63) is 34.3 Å². The van der Waals surface area contributed by atoms with Gasteiger partial charge in [-0.15, -0.1) is 0 Å². The minimum absolute atomic E-state index is 0.0471. The van der Waals surface area contributed by atoms with Gasteiger partial charge in [0.15, 0.2) is 0 Å². The number of rotatable bonds is 3. The number of benzene rings is 1. The standard InChI is InChI=1S/C14H18BrNO/c1-16-8-2-3-12(9-16)14(10-17)11-4-6-13(15)7-5-11/h4-7,10,12,14H,2-3,8-9H2,1H3. The normalized spacial score (nSPS) is 23.3. The second-order valence-corrected chi connectivity index (χ2v) is 5.79. The highest BCUT2D eigenvalue weighted by Crippen LogP contribution is 2.30. The molecule has 1 aromatic rings. The van der Waals surface area contributed by atoms with Gasteiger partial charge in [0.1, 0.15) is 6.29 Å². The molecule has 0 spiro atoms. The first-order chi connectivity index (χ1) is 8.20. The van der Waals surface area contributed by atoms with E-state index in [1.807, 2.05) is 12.1 Å². The van der Waals surface area contributed by atoms with Crippen molar-refractivity contribution in [2.24, 2.45) is 5.92 Å². The summed E-state index contributed by atoms with van der Waals surface area (Å²) in [4.78, 5) is 13.7. The van der Waals surface area contributed by atoms with Crippen molar-refractivity contribution >= 4 is 22.2 Å². The van der Waals surface area contributed by atoms with Gasteiger partial charge in [0.25, 0.3) is 0 Å². The van der Waals surface area contributed by atoms with Crippen molar-refractivity contribution in [1.82, 2.24) is 4.90 Å². The summed E-state index contributed by atoms with van der Waals surface area (Å²) in [5.41, 5.74) is 1.14. The summed E-state index contributed by atoms with van der Waals surface area (Å²) in [7, 11) is 2.13. The monoisotopic (exact) mass is 295 g/mol. The van der Waals surface area contributed by atoms with Crippen molar-refractivity contribution in [3.63, 3.8) is 0 Å². The number of aldehydes is 1. The van der Waals surface area contributed by atoms with E-state index < -0.39 is 0 Å². The van der Waals surface area contributed by atoms with Gasteiger partial charge in [0, 0.05) is 16.9 Å². The molecule has 1 saturated heterocycles. The Bertz CT molecular complexity index is 376. The first kappa shape index (κ1) is 12.8. The van der Waals surface area contributed by atoms with E-state index in [1.54, 1.807) is 0 Å². The molecule has 0 amide bonds. The maximum atomic E-state index is 11.4. The second kappa shape index (κ2) is 5.78. The second-order valence-electron chi connectivity index (χ2n) is 4.88. The van der Waals surface area contributed by atoms with Gasteiger partial charge in [-0.3, -0.25) is 0 Å². The number of carbonyl (C=O) groups excluding carboxylic acids is 1. The molecule has 1 fully saturated rings. The zero-order valence-corrected chi connectivity index (χ0v) is 11.7. The van der Waals surface area contributed by atoms with E-state index in [4.69, 9.17) is 0 Å². The van der Waals surface area contributed by atoms with E-state index in [-0.39, 0.29) is 5.92 Å². The lowest BCUT2D eigenvalue weighted by atomic mass is 9.82. The van der Waals surface area contributed by atoms with Crippen LogP contribution in [0.3, 0.4) is 0 Å². The van der Waals surface area contributed by atoms with E-state index >= 15 is 0 Å². The maximum Gasteiger partial charge on any atom is 0.127 e. The fourth-order valence-electron chi connectivity index (χ4n) is 2.65. The van der Waals surface area contributed by atoms with Crippen molar-refractivity contribution in [1.29, 1.82) is 0 Å². The summed E-state index contributed by atoms with van der Waals surface area (Å²) >= 11 is 3.43. The molecular weight excluding hydrogens is 278 g/mol. The van der Waals surface area contributed by atoms with Crippen LogP contribution in [0.25, 0.3) is 0 Å². The third-order valence-corrected chi connectivity index (χ3v) is 4.10. The first-order valence-corrected chi connectivity index (χ1v) is 6.89. The van der Waals surface area contributed by atoms with Crippen molar-refractivity contribution in [2.45, 2.75) is 18.8 Å². The van der Waals surface area contributed by atoms with Crippen molar-refractivity contribution < 1.29 is 4.79 Å². The van der Waals surface area contributed by atoms with Gasteiger partial charge < -0.3 is 9.69 Å². The van der Waals surface area contributed by atoms with Crippen LogP contribution in [0.1, 0.15) is 24.3 Å². The third-order valence-electron chi connectivity index (χ3n) is 3.57. The summed E-state index contributed by atoms with van der Waals surface area (Å²) < 4.78 is 1.06. The van der Waals surface area contributed by atoms with Gasteiger partial charge in [-0.05, 0) is 50.0 Å². The van der Waals surface area contributed by atoms with Crippen LogP contribution in [0, 0.1) is 5.92 Å². The lowest BCUT2D eigenvalue weighted by molar-refractivity contribution is -0.110.